The second-order valence-corrected chi connectivity index (χ2v) is 5.96. The molecule has 3 rings (SSSR count). The van der Waals surface area contributed by atoms with E-state index in [1.165, 1.54) is 35.9 Å². The van der Waals surface area contributed by atoms with Gasteiger partial charge in [-0.2, -0.15) is 0 Å². The Kier molecular flexibility index (Phi) is 3.91. The summed E-state index contributed by atoms with van der Waals surface area (Å²) in [4.78, 5) is 31.5. The number of benzene rings is 1. The van der Waals surface area contributed by atoms with Crippen molar-refractivity contribution in [3.63, 3.8) is 0 Å². The Morgan fingerprint density at radius 3 is 3.00 bits per heavy atom. The molecule has 0 radical (unpaired) electrons. The van der Waals surface area contributed by atoms with E-state index in [9.17, 15) is 14.0 Å². The molecule has 22 heavy (non-hydrogen) atoms. The van der Waals surface area contributed by atoms with Gasteiger partial charge in [0.2, 0.25) is 0 Å². The molecule has 0 atom stereocenters. The number of carbonyl (C=O) groups is 1. The van der Waals surface area contributed by atoms with E-state index in [4.69, 9.17) is 11.6 Å². The third-order valence-corrected chi connectivity index (χ3v) is 4.36. The number of nitrogens with one attached hydrogen (secondary N) is 2. The summed E-state index contributed by atoms with van der Waals surface area (Å²) in [6.07, 6.45) is 1.32. The Balaban J connectivity index is 1.80. The summed E-state index contributed by atoms with van der Waals surface area (Å²) in [5.41, 5.74) is -0.433. The SMILES string of the molecule is O=C(NCc1cc2c(=O)[nH]cnc2s1)c1c(F)cccc1Cl. The first-order valence-electron chi connectivity index (χ1n) is 6.24. The highest BCUT2D eigenvalue weighted by molar-refractivity contribution is 7.18. The van der Waals surface area contributed by atoms with Crippen molar-refractivity contribution in [3.8, 4) is 0 Å². The zero-order valence-corrected chi connectivity index (χ0v) is 12.6. The molecule has 2 N–H and O–H groups in total. The minimum absolute atomic E-state index is 0.0481. The van der Waals surface area contributed by atoms with Gasteiger partial charge in [0.15, 0.2) is 0 Å². The lowest BCUT2D eigenvalue weighted by Gasteiger charge is -2.06. The average molecular weight is 338 g/mol. The number of hydrogen-bond donors (Lipinski definition) is 2. The molecule has 112 valence electrons. The number of nitrogens with zero attached hydrogens (tertiary/aromatic N) is 1. The van der Waals surface area contributed by atoms with E-state index in [1.54, 1.807) is 6.07 Å². The highest BCUT2D eigenvalue weighted by Crippen LogP contribution is 2.21. The minimum atomic E-state index is -0.681. The van der Waals surface area contributed by atoms with Crippen molar-refractivity contribution in [2.75, 3.05) is 0 Å². The third kappa shape index (κ3) is 2.72. The highest BCUT2D eigenvalue weighted by Gasteiger charge is 2.16. The molecule has 5 nitrogen and oxygen atoms in total. The van der Waals surface area contributed by atoms with Crippen molar-refractivity contribution < 1.29 is 9.18 Å². The Labute approximate surface area is 132 Å². The smallest absolute Gasteiger partial charge is 0.259 e. The fraction of sp³-hybridized carbons (Fsp3) is 0.0714. The van der Waals surface area contributed by atoms with Crippen LogP contribution in [-0.2, 0) is 6.54 Å². The molecule has 0 unspecified atom stereocenters. The molecule has 0 spiro atoms. The van der Waals surface area contributed by atoms with Crippen molar-refractivity contribution in [1.29, 1.82) is 0 Å². The topological polar surface area (TPSA) is 74.8 Å². The number of H-pyrrole nitrogens is 1. The van der Waals surface area contributed by atoms with Gasteiger partial charge in [0.05, 0.1) is 28.8 Å². The van der Waals surface area contributed by atoms with Gasteiger partial charge in [-0.15, -0.1) is 11.3 Å². The summed E-state index contributed by atoms with van der Waals surface area (Å²) in [6.45, 7) is 0.157. The van der Waals surface area contributed by atoms with Gasteiger partial charge in [-0.1, -0.05) is 17.7 Å². The first kappa shape index (κ1) is 14.7. The molecule has 0 saturated heterocycles. The Morgan fingerprint density at radius 1 is 1.45 bits per heavy atom. The second-order valence-electron chi connectivity index (χ2n) is 4.44. The van der Waals surface area contributed by atoms with Crippen LogP contribution in [0.5, 0.6) is 0 Å². The summed E-state index contributed by atoms with van der Waals surface area (Å²) in [5, 5.41) is 3.09. The zero-order valence-electron chi connectivity index (χ0n) is 11.0. The zero-order chi connectivity index (χ0) is 15.7. The number of halogens is 2. The Bertz CT molecular complexity index is 902. The summed E-state index contributed by atoms with van der Waals surface area (Å²) in [6, 6.07) is 5.69. The minimum Gasteiger partial charge on any atom is -0.347 e. The number of carbonyl (C=O) groups excluding carboxylic acids is 1. The molecule has 3 aromatic rings. The van der Waals surface area contributed by atoms with Crippen molar-refractivity contribution >= 4 is 39.1 Å². The summed E-state index contributed by atoms with van der Waals surface area (Å²) >= 11 is 7.12. The molecule has 0 bridgehead atoms. The molecule has 2 aromatic heterocycles. The largest absolute Gasteiger partial charge is 0.347 e. The molecule has 0 saturated carbocycles. The van der Waals surface area contributed by atoms with Gasteiger partial charge in [0, 0.05) is 4.88 Å². The highest BCUT2D eigenvalue weighted by atomic mass is 35.5. The molecular formula is C14H9ClFN3O2S. The Morgan fingerprint density at radius 2 is 2.27 bits per heavy atom. The van der Waals surface area contributed by atoms with Gasteiger partial charge in [-0.3, -0.25) is 9.59 Å². The number of aromatic amines is 1. The van der Waals surface area contributed by atoms with Crippen molar-refractivity contribution in [2.24, 2.45) is 0 Å². The number of hydrogen-bond acceptors (Lipinski definition) is 4. The fourth-order valence-electron chi connectivity index (χ4n) is 1.97. The van der Waals surface area contributed by atoms with Gasteiger partial charge in [-0.05, 0) is 18.2 Å². The van der Waals surface area contributed by atoms with E-state index in [-0.39, 0.29) is 22.7 Å². The lowest BCUT2D eigenvalue weighted by molar-refractivity contribution is 0.0947. The van der Waals surface area contributed by atoms with Crippen LogP contribution in [0.3, 0.4) is 0 Å². The normalized spacial score (nSPS) is 10.8. The van der Waals surface area contributed by atoms with E-state index < -0.39 is 11.7 Å². The Hall–Kier alpha value is -2.25. The summed E-state index contributed by atoms with van der Waals surface area (Å²) < 4.78 is 13.6. The van der Waals surface area contributed by atoms with Gasteiger partial charge in [0.1, 0.15) is 10.6 Å². The summed E-state index contributed by atoms with van der Waals surface area (Å²) in [7, 11) is 0. The quantitative estimate of drug-likeness (QED) is 0.771. The van der Waals surface area contributed by atoms with Crippen LogP contribution in [0.15, 0.2) is 35.4 Å². The van der Waals surface area contributed by atoms with Crippen LogP contribution in [0.1, 0.15) is 15.2 Å². The first-order chi connectivity index (χ1) is 10.6. The van der Waals surface area contributed by atoms with E-state index >= 15 is 0 Å². The maximum Gasteiger partial charge on any atom is 0.259 e. The average Bonchev–Trinajstić information content (AvgIpc) is 2.89. The van der Waals surface area contributed by atoms with Gasteiger partial charge in [-0.25, -0.2) is 9.37 Å². The first-order valence-corrected chi connectivity index (χ1v) is 7.44. The van der Waals surface area contributed by atoms with Crippen LogP contribution in [0.4, 0.5) is 4.39 Å². The van der Waals surface area contributed by atoms with E-state index in [2.05, 4.69) is 15.3 Å². The van der Waals surface area contributed by atoms with Crippen LogP contribution in [0, 0.1) is 5.82 Å². The van der Waals surface area contributed by atoms with Crippen LogP contribution >= 0.6 is 22.9 Å². The van der Waals surface area contributed by atoms with Crippen LogP contribution in [0.25, 0.3) is 10.2 Å². The predicted molar refractivity (Wildman–Crippen MR) is 82.8 cm³/mol. The number of amides is 1. The second kappa shape index (κ2) is 5.86. The summed E-state index contributed by atoms with van der Waals surface area (Å²) in [5.74, 6) is -1.29. The number of thiophene rings is 1. The van der Waals surface area contributed by atoms with Crippen molar-refractivity contribution in [3.05, 3.63) is 62.2 Å². The number of rotatable bonds is 3. The molecule has 0 aliphatic carbocycles. The predicted octanol–water partition coefficient (Wildman–Crippen LogP) is 2.71. The molecule has 0 aliphatic heterocycles. The lowest BCUT2D eigenvalue weighted by atomic mass is 10.2. The molecule has 1 aromatic carbocycles. The van der Waals surface area contributed by atoms with Gasteiger partial charge >= 0.3 is 0 Å². The van der Waals surface area contributed by atoms with E-state index in [0.717, 1.165) is 4.88 Å². The maximum absolute atomic E-state index is 13.6. The number of aromatic nitrogens is 2. The van der Waals surface area contributed by atoms with Crippen LogP contribution in [0.2, 0.25) is 5.02 Å². The van der Waals surface area contributed by atoms with Gasteiger partial charge in [0.25, 0.3) is 11.5 Å². The standard InChI is InChI=1S/C14H9ClFN3O2S/c15-9-2-1-3-10(16)11(9)13(21)17-5-7-4-8-12(20)18-6-19-14(8)22-7/h1-4,6H,5H2,(H,17,21)(H,18,19,20). The van der Waals surface area contributed by atoms with Crippen LogP contribution < -0.4 is 10.9 Å². The van der Waals surface area contributed by atoms with Crippen molar-refractivity contribution in [1.82, 2.24) is 15.3 Å². The van der Waals surface area contributed by atoms with E-state index in [1.807, 2.05) is 0 Å². The monoisotopic (exact) mass is 337 g/mol. The van der Waals surface area contributed by atoms with Crippen molar-refractivity contribution in [2.45, 2.75) is 6.54 Å². The molecule has 0 fully saturated rings. The molecule has 2 heterocycles. The fourth-order valence-corrected chi connectivity index (χ4v) is 3.16. The molecule has 1 amide bonds. The maximum atomic E-state index is 13.6. The van der Waals surface area contributed by atoms with Crippen LogP contribution in [-0.4, -0.2) is 15.9 Å². The van der Waals surface area contributed by atoms with E-state index in [0.29, 0.717) is 10.2 Å². The lowest BCUT2D eigenvalue weighted by Crippen LogP contribution is -2.23. The van der Waals surface area contributed by atoms with Gasteiger partial charge < -0.3 is 10.3 Å². The molecule has 8 heteroatoms. The number of fused-ring (bicyclic) bond motifs is 1. The molecule has 0 aliphatic rings. The molecular weight excluding hydrogens is 329 g/mol. The third-order valence-electron chi connectivity index (χ3n) is 3.00.